The van der Waals surface area contributed by atoms with E-state index < -0.39 is 11.9 Å². The average Bonchev–Trinajstić information content (AvgIpc) is 2.39. The molecular formula is C16H22Cl2O2. The van der Waals surface area contributed by atoms with Gasteiger partial charge in [-0.2, -0.15) is 0 Å². The summed E-state index contributed by atoms with van der Waals surface area (Å²) in [6.45, 7) is 2.18. The van der Waals surface area contributed by atoms with Crippen LogP contribution in [0.4, 0.5) is 0 Å². The van der Waals surface area contributed by atoms with Crippen LogP contribution in [0.25, 0.3) is 0 Å². The molecule has 0 bridgehead atoms. The third-order valence-electron chi connectivity index (χ3n) is 3.49. The molecule has 20 heavy (non-hydrogen) atoms. The molecular weight excluding hydrogens is 295 g/mol. The molecule has 1 atom stereocenters. The molecule has 1 rings (SSSR count). The van der Waals surface area contributed by atoms with Gasteiger partial charge in [0.05, 0.1) is 5.92 Å². The molecule has 0 aliphatic carbocycles. The monoisotopic (exact) mass is 316 g/mol. The van der Waals surface area contributed by atoms with E-state index in [0.29, 0.717) is 22.0 Å². The minimum Gasteiger partial charge on any atom is -0.481 e. The van der Waals surface area contributed by atoms with Crippen LogP contribution in [0.2, 0.25) is 10.0 Å². The van der Waals surface area contributed by atoms with E-state index in [1.807, 2.05) is 0 Å². The Bertz CT molecular complexity index is 412. The van der Waals surface area contributed by atoms with E-state index in [-0.39, 0.29) is 0 Å². The van der Waals surface area contributed by atoms with Crippen molar-refractivity contribution in [3.05, 3.63) is 33.8 Å². The number of carbonyl (C=O) groups is 1. The van der Waals surface area contributed by atoms with Crippen molar-refractivity contribution in [2.45, 2.75) is 57.8 Å². The molecule has 0 radical (unpaired) electrons. The van der Waals surface area contributed by atoms with Crippen molar-refractivity contribution < 1.29 is 9.90 Å². The molecule has 0 aliphatic rings. The zero-order chi connectivity index (χ0) is 15.0. The molecule has 1 N–H and O–H groups in total. The zero-order valence-electron chi connectivity index (χ0n) is 11.9. The highest BCUT2D eigenvalue weighted by atomic mass is 35.5. The summed E-state index contributed by atoms with van der Waals surface area (Å²) in [6, 6.07) is 5.12. The third-order valence-corrected chi connectivity index (χ3v) is 4.15. The van der Waals surface area contributed by atoms with Crippen LogP contribution in [-0.4, -0.2) is 11.1 Å². The number of hydrogen-bond donors (Lipinski definition) is 1. The molecule has 4 heteroatoms. The highest BCUT2D eigenvalue weighted by Crippen LogP contribution is 2.34. The lowest BCUT2D eigenvalue weighted by Gasteiger charge is -2.15. The number of rotatable bonds is 9. The lowest BCUT2D eigenvalue weighted by Crippen LogP contribution is -2.12. The summed E-state index contributed by atoms with van der Waals surface area (Å²) in [6.07, 6.45) is 7.39. The highest BCUT2D eigenvalue weighted by Gasteiger charge is 2.24. The van der Waals surface area contributed by atoms with Crippen LogP contribution in [0.3, 0.4) is 0 Å². The summed E-state index contributed by atoms with van der Waals surface area (Å²) in [5, 5.41) is 10.3. The summed E-state index contributed by atoms with van der Waals surface area (Å²) < 4.78 is 0. The fourth-order valence-corrected chi connectivity index (χ4v) is 3.02. The van der Waals surface area contributed by atoms with E-state index in [1.165, 1.54) is 19.3 Å². The van der Waals surface area contributed by atoms with E-state index in [4.69, 9.17) is 23.2 Å². The Balaban J connectivity index is 2.59. The number of benzene rings is 1. The van der Waals surface area contributed by atoms with Crippen molar-refractivity contribution >= 4 is 29.2 Å². The van der Waals surface area contributed by atoms with E-state index in [9.17, 15) is 9.90 Å². The smallest absolute Gasteiger partial charge is 0.311 e. The highest BCUT2D eigenvalue weighted by molar-refractivity contribution is 6.36. The van der Waals surface area contributed by atoms with Gasteiger partial charge in [0.2, 0.25) is 0 Å². The minimum atomic E-state index is -0.853. The van der Waals surface area contributed by atoms with Gasteiger partial charge in [-0.1, -0.05) is 74.7 Å². The fraction of sp³-hybridized carbons (Fsp3) is 0.562. The molecule has 0 unspecified atom stereocenters. The zero-order valence-corrected chi connectivity index (χ0v) is 13.4. The topological polar surface area (TPSA) is 37.3 Å². The molecule has 1 aromatic carbocycles. The number of hydrogen-bond acceptors (Lipinski definition) is 1. The number of unbranched alkanes of at least 4 members (excludes halogenated alkanes) is 5. The molecule has 0 heterocycles. The first-order chi connectivity index (χ1) is 9.57. The predicted molar refractivity (Wildman–Crippen MR) is 84.8 cm³/mol. The van der Waals surface area contributed by atoms with E-state index in [1.54, 1.807) is 18.2 Å². The standard InChI is InChI=1S/C16H22Cl2O2/c1-2-3-4-5-6-7-9-12(16(19)20)15-13(17)10-8-11-14(15)18/h8,10-12H,2-7,9H2,1H3,(H,19,20)/t12-/m1/s1. The van der Waals surface area contributed by atoms with Gasteiger partial charge in [0.1, 0.15) is 0 Å². The van der Waals surface area contributed by atoms with Gasteiger partial charge in [-0.05, 0) is 18.6 Å². The van der Waals surface area contributed by atoms with Gasteiger partial charge in [-0.15, -0.1) is 0 Å². The molecule has 0 amide bonds. The Morgan fingerprint density at radius 3 is 2.20 bits per heavy atom. The Labute approximate surface area is 131 Å². The summed E-state index contributed by atoms with van der Waals surface area (Å²) in [5.74, 6) is -1.46. The second-order valence-corrected chi connectivity index (χ2v) is 5.90. The van der Waals surface area contributed by atoms with E-state index in [0.717, 1.165) is 19.3 Å². The molecule has 0 saturated carbocycles. The fourth-order valence-electron chi connectivity index (χ4n) is 2.36. The Kier molecular flexibility index (Phi) is 8.01. The Morgan fingerprint density at radius 1 is 1.10 bits per heavy atom. The maximum absolute atomic E-state index is 11.5. The van der Waals surface area contributed by atoms with Crippen molar-refractivity contribution in [2.24, 2.45) is 0 Å². The van der Waals surface area contributed by atoms with Gasteiger partial charge in [-0.3, -0.25) is 4.79 Å². The van der Waals surface area contributed by atoms with Crippen LogP contribution in [0.15, 0.2) is 18.2 Å². The van der Waals surface area contributed by atoms with E-state index in [2.05, 4.69) is 6.92 Å². The van der Waals surface area contributed by atoms with Crippen LogP contribution >= 0.6 is 23.2 Å². The van der Waals surface area contributed by atoms with Crippen LogP contribution < -0.4 is 0 Å². The summed E-state index contributed by atoms with van der Waals surface area (Å²) in [5.41, 5.74) is 0.553. The van der Waals surface area contributed by atoms with Crippen molar-refractivity contribution in [3.63, 3.8) is 0 Å². The Hall–Kier alpha value is -0.730. The number of carboxylic acid groups (broad SMARTS) is 1. The number of halogens is 2. The van der Waals surface area contributed by atoms with Gasteiger partial charge < -0.3 is 5.11 Å². The van der Waals surface area contributed by atoms with Crippen LogP contribution in [-0.2, 0) is 4.79 Å². The third kappa shape index (κ3) is 5.34. The van der Waals surface area contributed by atoms with Gasteiger partial charge >= 0.3 is 5.97 Å². The first kappa shape index (κ1) is 17.3. The first-order valence-corrected chi connectivity index (χ1v) is 8.00. The lowest BCUT2D eigenvalue weighted by molar-refractivity contribution is -0.139. The average molecular weight is 317 g/mol. The van der Waals surface area contributed by atoms with Crippen LogP contribution in [0, 0.1) is 0 Å². The maximum Gasteiger partial charge on any atom is 0.311 e. The van der Waals surface area contributed by atoms with Crippen LogP contribution in [0.5, 0.6) is 0 Å². The van der Waals surface area contributed by atoms with Crippen molar-refractivity contribution in [2.75, 3.05) is 0 Å². The van der Waals surface area contributed by atoms with Gasteiger partial charge in [0.25, 0.3) is 0 Å². The maximum atomic E-state index is 11.5. The van der Waals surface area contributed by atoms with Gasteiger partial charge in [0, 0.05) is 15.6 Å². The molecule has 2 nitrogen and oxygen atoms in total. The number of carboxylic acids is 1. The summed E-state index contributed by atoms with van der Waals surface area (Å²) in [7, 11) is 0. The molecule has 0 aliphatic heterocycles. The quantitative estimate of drug-likeness (QED) is 0.575. The molecule has 112 valence electrons. The number of aliphatic carboxylic acids is 1. The van der Waals surface area contributed by atoms with Crippen molar-refractivity contribution in [1.29, 1.82) is 0 Å². The second-order valence-electron chi connectivity index (χ2n) is 5.08. The van der Waals surface area contributed by atoms with Gasteiger partial charge in [0.15, 0.2) is 0 Å². The molecule has 0 spiro atoms. The SMILES string of the molecule is CCCCCCCC[C@@H](C(=O)O)c1c(Cl)cccc1Cl. The second kappa shape index (κ2) is 9.25. The largest absolute Gasteiger partial charge is 0.481 e. The Morgan fingerprint density at radius 2 is 1.65 bits per heavy atom. The molecule has 0 fully saturated rings. The lowest BCUT2D eigenvalue weighted by atomic mass is 9.93. The first-order valence-electron chi connectivity index (χ1n) is 7.24. The summed E-state index contributed by atoms with van der Waals surface area (Å²) in [4.78, 5) is 11.5. The predicted octanol–water partition coefficient (Wildman–Crippen LogP) is 5.91. The summed E-state index contributed by atoms with van der Waals surface area (Å²) >= 11 is 12.2. The molecule has 0 saturated heterocycles. The van der Waals surface area contributed by atoms with Crippen molar-refractivity contribution in [1.82, 2.24) is 0 Å². The van der Waals surface area contributed by atoms with E-state index >= 15 is 0 Å². The normalized spacial score (nSPS) is 12.3. The minimum absolute atomic E-state index is 0.441. The van der Waals surface area contributed by atoms with Gasteiger partial charge in [-0.25, -0.2) is 0 Å². The van der Waals surface area contributed by atoms with Crippen molar-refractivity contribution in [3.8, 4) is 0 Å². The molecule has 1 aromatic rings. The molecule has 0 aromatic heterocycles. The van der Waals surface area contributed by atoms with Crippen LogP contribution in [0.1, 0.15) is 63.4 Å².